The van der Waals surface area contributed by atoms with Crippen molar-refractivity contribution in [2.45, 2.75) is 18.9 Å². The molecule has 2 fully saturated rings. The fraction of sp³-hybridized carbons (Fsp3) is 0.500. The predicted octanol–water partition coefficient (Wildman–Crippen LogP) is 1.57. The normalized spacial score (nSPS) is 25.9. The van der Waals surface area contributed by atoms with Crippen LogP contribution in [0.4, 0.5) is 0 Å². The van der Waals surface area contributed by atoms with Crippen molar-refractivity contribution in [3.8, 4) is 5.75 Å². The molecule has 4 nitrogen and oxygen atoms in total. The summed E-state index contributed by atoms with van der Waals surface area (Å²) >= 11 is 0. The van der Waals surface area contributed by atoms with Crippen LogP contribution in [0.1, 0.15) is 12.0 Å². The van der Waals surface area contributed by atoms with Crippen LogP contribution < -0.4 is 4.74 Å². The van der Waals surface area contributed by atoms with Gasteiger partial charge >= 0.3 is 5.97 Å². The van der Waals surface area contributed by atoms with Crippen LogP contribution in [0.25, 0.3) is 0 Å². The van der Waals surface area contributed by atoms with E-state index in [1.165, 1.54) is 0 Å². The predicted molar refractivity (Wildman–Crippen MR) is 64.4 cm³/mol. The standard InChI is InChI=1S/C14H16O4/c15-14-11(5-6-16-14)7-10-1-3-12(4-2-10)17-8-13-9-18-13/h1-4,11,13H,5-9H2/t11-,13-/m1/s1. The Morgan fingerprint density at radius 2 is 2.06 bits per heavy atom. The van der Waals surface area contributed by atoms with Crippen LogP contribution >= 0.6 is 0 Å². The average molecular weight is 248 g/mol. The Hall–Kier alpha value is -1.55. The van der Waals surface area contributed by atoms with Gasteiger partial charge in [0.25, 0.3) is 0 Å². The van der Waals surface area contributed by atoms with Crippen LogP contribution in [-0.2, 0) is 20.7 Å². The van der Waals surface area contributed by atoms with Crippen molar-refractivity contribution >= 4 is 5.97 Å². The van der Waals surface area contributed by atoms with E-state index in [-0.39, 0.29) is 18.0 Å². The lowest BCUT2D eigenvalue weighted by atomic mass is 9.98. The van der Waals surface area contributed by atoms with E-state index >= 15 is 0 Å². The van der Waals surface area contributed by atoms with E-state index < -0.39 is 0 Å². The second kappa shape index (κ2) is 4.98. The molecule has 0 radical (unpaired) electrons. The molecule has 0 aromatic heterocycles. The molecule has 1 aromatic carbocycles. The first-order valence-electron chi connectivity index (χ1n) is 6.31. The van der Waals surface area contributed by atoms with Gasteiger partial charge in [0.15, 0.2) is 0 Å². The third-order valence-electron chi connectivity index (χ3n) is 3.29. The lowest BCUT2D eigenvalue weighted by Crippen LogP contribution is -2.10. The number of rotatable bonds is 5. The zero-order chi connectivity index (χ0) is 12.4. The van der Waals surface area contributed by atoms with Crippen LogP contribution in [0, 0.1) is 5.92 Å². The summed E-state index contributed by atoms with van der Waals surface area (Å²) in [6, 6.07) is 7.90. The molecular formula is C14H16O4. The SMILES string of the molecule is O=C1OCC[C@@H]1Cc1ccc(OC[C@@H]2CO2)cc1. The van der Waals surface area contributed by atoms with Crippen LogP contribution in [0.15, 0.2) is 24.3 Å². The molecular weight excluding hydrogens is 232 g/mol. The number of carbonyl (C=O) groups excluding carboxylic acids is 1. The summed E-state index contributed by atoms with van der Waals surface area (Å²) in [5.41, 5.74) is 1.15. The maximum atomic E-state index is 11.4. The number of benzene rings is 1. The number of esters is 1. The molecule has 96 valence electrons. The fourth-order valence-corrected chi connectivity index (χ4v) is 2.08. The number of carbonyl (C=O) groups is 1. The molecule has 1 aromatic rings. The summed E-state index contributed by atoms with van der Waals surface area (Å²) in [5.74, 6) is 0.807. The molecule has 0 bridgehead atoms. The highest BCUT2D eigenvalue weighted by Crippen LogP contribution is 2.22. The molecule has 0 saturated carbocycles. The summed E-state index contributed by atoms with van der Waals surface area (Å²) < 4.78 is 15.6. The first kappa shape index (κ1) is 11.5. The lowest BCUT2D eigenvalue weighted by Gasteiger charge is -2.07. The molecule has 0 N–H and O–H groups in total. The quantitative estimate of drug-likeness (QED) is 0.586. The maximum absolute atomic E-state index is 11.4. The molecule has 0 spiro atoms. The molecule has 2 heterocycles. The minimum atomic E-state index is -0.0683. The summed E-state index contributed by atoms with van der Waals surface area (Å²) in [6.07, 6.45) is 1.86. The van der Waals surface area contributed by atoms with Crippen LogP contribution in [0.2, 0.25) is 0 Å². The second-order valence-corrected chi connectivity index (χ2v) is 4.77. The minimum absolute atomic E-state index is 0.0247. The van der Waals surface area contributed by atoms with Crippen LogP contribution in [0.5, 0.6) is 5.75 Å². The highest BCUT2D eigenvalue weighted by atomic mass is 16.6. The molecule has 2 atom stereocenters. The zero-order valence-electron chi connectivity index (χ0n) is 10.1. The van der Waals surface area contributed by atoms with Gasteiger partial charge in [-0.25, -0.2) is 0 Å². The van der Waals surface area contributed by atoms with Gasteiger partial charge in [-0.05, 0) is 30.5 Å². The molecule has 0 unspecified atom stereocenters. The molecule has 3 rings (SSSR count). The van der Waals surface area contributed by atoms with Crippen molar-refractivity contribution in [2.75, 3.05) is 19.8 Å². The van der Waals surface area contributed by atoms with Gasteiger partial charge < -0.3 is 14.2 Å². The molecule has 2 aliphatic rings. The minimum Gasteiger partial charge on any atom is -0.491 e. The molecule has 0 aliphatic carbocycles. The number of hydrogen-bond acceptors (Lipinski definition) is 4. The number of cyclic esters (lactones) is 1. The van der Waals surface area contributed by atoms with Crippen molar-refractivity contribution in [3.63, 3.8) is 0 Å². The maximum Gasteiger partial charge on any atom is 0.309 e. The van der Waals surface area contributed by atoms with Gasteiger partial charge in [0.1, 0.15) is 18.5 Å². The molecule has 4 heteroatoms. The van der Waals surface area contributed by atoms with E-state index in [1.807, 2.05) is 24.3 Å². The largest absolute Gasteiger partial charge is 0.491 e. The first-order chi connectivity index (χ1) is 8.81. The summed E-state index contributed by atoms with van der Waals surface area (Å²) in [6.45, 7) is 1.99. The van der Waals surface area contributed by atoms with E-state index in [9.17, 15) is 4.79 Å². The van der Waals surface area contributed by atoms with Gasteiger partial charge in [-0.1, -0.05) is 12.1 Å². The van der Waals surface area contributed by atoms with Crippen LogP contribution in [-0.4, -0.2) is 31.9 Å². The van der Waals surface area contributed by atoms with Crippen LogP contribution in [0.3, 0.4) is 0 Å². The Labute approximate surface area is 106 Å². The number of hydrogen-bond donors (Lipinski definition) is 0. The monoisotopic (exact) mass is 248 g/mol. The average Bonchev–Trinajstić information content (AvgIpc) is 3.13. The van der Waals surface area contributed by atoms with Crippen molar-refractivity contribution in [1.82, 2.24) is 0 Å². The highest BCUT2D eigenvalue weighted by Gasteiger charge is 2.26. The molecule has 2 aliphatic heterocycles. The van der Waals surface area contributed by atoms with E-state index in [0.29, 0.717) is 13.2 Å². The molecule has 18 heavy (non-hydrogen) atoms. The van der Waals surface area contributed by atoms with Gasteiger partial charge in [-0.2, -0.15) is 0 Å². The fourth-order valence-electron chi connectivity index (χ4n) is 2.08. The lowest BCUT2D eigenvalue weighted by molar-refractivity contribution is -0.141. The smallest absolute Gasteiger partial charge is 0.309 e. The van der Waals surface area contributed by atoms with Gasteiger partial charge in [0.05, 0.1) is 19.1 Å². The number of ether oxygens (including phenoxy) is 3. The van der Waals surface area contributed by atoms with Crippen molar-refractivity contribution < 1.29 is 19.0 Å². The summed E-state index contributed by atoms with van der Waals surface area (Å²) in [7, 11) is 0. The third-order valence-corrected chi connectivity index (χ3v) is 3.29. The van der Waals surface area contributed by atoms with Crippen molar-refractivity contribution in [2.24, 2.45) is 5.92 Å². The highest BCUT2D eigenvalue weighted by molar-refractivity contribution is 5.74. The summed E-state index contributed by atoms with van der Waals surface area (Å²) in [5, 5.41) is 0. The third kappa shape index (κ3) is 2.82. The van der Waals surface area contributed by atoms with Gasteiger partial charge in [0, 0.05) is 0 Å². The Bertz CT molecular complexity index is 422. The number of epoxide rings is 1. The summed E-state index contributed by atoms with van der Waals surface area (Å²) in [4.78, 5) is 11.4. The zero-order valence-corrected chi connectivity index (χ0v) is 10.1. The topological polar surface area (TPSA) is 48.1 Å². The van der Waals surface area contributed by atoms with Gasteiger partial charge in [-0.15, -0.1) is 0 Å². The van der Waals surface area contributed by atoms with E-state index in [1.54, 1.807) is 0 Å². The Kier molecular flexibility index (Phi) is 3.19. The van der Waals surface area contributed by atoms with Gasteiger partial charge in [-0.3, -0.25) is 4.79 Å². The first-order valence-corrected chi connectivity index (χ1v) is 6.31. The molecule has 0 amide bonds. The van der Waals surface area contributed by atoms with Crippen molar-refractivity contribution in [1.29, 1.82) is 0 Å². The van der Waals surface area contributed by atoms with Gasteiger partial charge in [0.2, 0.25) is 0 Å². The van der Waals surface area contributed by atoms with E-state index in [4.69, 9.17) is 14.2 Å². The Morgan fingerprint density at radius 1 is 1.28 bits per heavy atom. The Balaban J connectivity index is 1.54. The molecule has 2 saturated heterocycles. The Morgan fingerprint density at radius 3 is 2.67 bits per heavy atom. The van der Waals surface area contributed by atoms with Crippen molar-refractivity contribution in [3.05, 3.63) is 29.8 Å². The van der Waals surface area contributed by atoms with E-state index in [2.05, 4.69) is 0 Å². The second-order valence-electron chi connectivity index (χ2n) is 4.77. The van der Waals surface area contributed by atoms with E-state index in [0.717, 1.165) is 30.8 Å².